The fraction of sp³-hybridized carbons (Fsp3) is 0.176. The highest BCUT2D eigenvalue weighted by molar-refractivity contribution is 7.95. The predicted octanol–water partition coefficient (Wildman–Crippen LogP) is 1.20. The van der Waals surface area contributed by atoms with Crippen LogP contribution in [0.3, 0.4) is 0 Å². The van der Waals surface area contributed by atoms with Crippen molar-refractivity contribution in [3.8, 4) is 5.75 Å². The monoisotopic (exact) mass is 454 g/mol. The molecule has 0 spiro atoms. The molecule has 13 heteroatoms. The molecule has 0 saturated heterocycles. The Hall–Kier alpha value is -3.16. The molecule has 0 atom stereocenters. The summed E-state index contributed by atoms with van der Waals surface area (Å²) < 4.78 is 58.6. The van der Waals surface area contributed by atoms with Gasteiger partial charge in [-0.2, -0.15) is 0 Å². The summed E-state index contributed by atoms with van der Waals surface area (Å²) in [4.78, 5) is 15.0. The van der Waals surface area contributed by atoms with E-state index in [-0.39, 0.29) is 14.8 Å². The predicted molar refractivity (Wildman–Crippen MR) is 104 cm³/mol. The summed E-state index contributed by atoms with van der Waals surface area (Å²) in [6, 6.07) is 5.35. The number of carboxylic acid groups (broad SMARTS) is 1. The van der Waals surface area contributed by atoms with E-state index in [1.54, 1.807) is 7.05 Å². The number of sulfonamides is 1. The number of imidazole rings is 1. The number of methoxy groups -OCH3 is 1. The van der Waals surface area contributed by atoms with Crippen molar-refractivity contribution < 1.29 is 31.5 Å². The van der Waals surface area contributed by atoms with Crippen LogP contribution in [0.4, 0.5) is 4.79 Å². The van der Waals surface area contributed by atoms with Gasteiger partial charge in [0.05, 0.1) is 29.8 Å². The number of nitrogens with zero attached hydrogens (tertiary/aromatic N) is 4. The molecule has 11 nitrogen and oxygen atoms in total. The molecule has 0 unspecified atom stereocenters. The highest BCUT2D eigenvalue weighted by Crippen LogP contribution is 2.26. The number of hydrogen-bond acceptors (Lipinski definition) is 7. The van der Waals surface area contributed by atoms with Gasteiger partial charge in [-0.1, -0.05) is 4.41 Å². The van der Waals surface area contributed by atoms with Gasteiger partial charge in [-0.25, -0.2) is 31.6 Å². The summed E-state index contributed by atoms with van der Waals surface area (Å²) in [7, 11) is -5.38. The maximum absolute atomic E-state index is 13.0. The van der Waals surface area contributed by atoms with E-state index in [0.29, 0.717) is 15.2 Å². The molecule has 2 heterocycles. The van der Waals surface area contributed by atoms with Crippen LogP contribution in [0.5, 0.6) is 5.75 Å². The Labute approximate surface area is 173 Å². The first-order valence-electron chi connectivity index (χ1n) is 8.37. The first-order chi connectivity index (χ1) is 14.1. The molecule has 1 aromatic carbocycles. The molecule has 2 aromatic rings. The van der Waals surface area contributed by atoms with Gasteiger partial charge in [-0.15, -0.1) is 0 Å². The second kappa shape index (κ2) is 7.93. The lowest BCUT2D eigenvalue weighted by molar-refractivity contribution is 0.0986. The maximum Gasteiger partial charge on any atom is 0.427 e. The third kappa shape index (κ3) is 3.94. The Kier molecular flexibility index (Phi) is 5.70. The van der Waals surface area contributed by atoms with Crippen molar-refractivity contribution in [3.63, 3.8) is 0 Å². The van der Waals surface area contributed by atoms with E-state index >= 15 is 0 Å². The van der Waals surface area contributed by atoms with E-state index < -0.39 is 32.5 Å². The van der Waals surface area contributed by atoms with Gasteiger partial charge in [0.15, 0.2) is 5.03 Å². The van der Waals surface area contributed by atoms with Crippen molar-refractivity contribution in [3.05, 3.63) is 60.0 Å². The Balaban J connectivity index is 2.03. The number of benzene rings is 1. The highest BCUT2D eigenvalue weighted by Gasteiger charge is 2.34. The molecular weight excluding hydrogens is 436 g/mol. The van der Waals surface area contributed by atoms with Gasteiger partial charge < -0.3 is 14.4 Å². The number of aromatic nitrogens is 2. The SMILES string of the molecule is COc1ccc(S(=O)(=O)N2CC=C(S(=O)(=O)c3cn(C)cn3)C=CN2C(=O)O)cc1. The zero-order valence-electron chi connectivity index (χ0n) is 15.9. The van der Waals surface area contributed by atoms with Crippen molar-refractivity contribution in [1.29, 1.82) is 0 Å². The molecule has 1 aliphatic rings. The van der Waals surface area contributed by atoms with Crippen LogP contribution in [-0.2, 0) is 26.9 Å². The lowest BCUT2D eigenvalue weighted by Crippen LogP contribution is -2.45. The largest absolute Gasteiger partial charge is 0.497 e. The highest BCUT2D eigenvalue weighted by atomic mass is 32.2. The van der Waals surface area contributed by atoms with Gasteiger partial charge in [0.25, 0.3) is 10.0 Å². The smallest absolute Gasteiger partial charge is 0.427 e. The molecular formula is C17H18N4O7S2. The Morgan fingerprint density at radius 3 is 2.37 bits per heavy atom. The van der Waals surface area contributed by atoms with Gasteiger partial charge in [0.2, 0.25) is 9.84 Å². The number of hydrazine groups is 1. The van der Waals surface area contributed by atoms with Crippen LogP contribution in [0.1, 0.15) is 0 Å². The number of rotatable bonds is 5. The fourth-order valence-corrected chi connectivity index (χ4v) is 5.25. The van der Waals surface area contributed by atoms with E-state index in [1.165, 1.54) is 48.5 Å². The number of hydrogen-bond donors (Lipinski definition) is 1. The minimum Gasteiger partial charge on any atom is -0.497 e. The second-order valence-corrected chi connectivity index (χ2v) is 9.86. The Morgan fingerprint density at radius 2 is 1.83 bits per heavy atom. The Bertz CT molecular complexity index is 1230. The molecule has 0 aliphatic carbocycles. The van der Waals surface area contributed by atoms with Crippen LogP contribution >= 0.6 is 0 Å². The van der Waals surface area contributed by atoms with E-state index in [1.807, 2.05) is 0 Å². The summed E-state index contributed by atoms with van der Waals surface area (Å²) >= 11 is 0. The van der Waals surface area contributed by atoms with Crippen molar-refractivity contribution in [2.45, 2.75) is 9.92 Å². The van der Waals surface area contributed by atoms with Crippen molar-refractivity contribution >= 4 is 26.0 Å². The van der Waals surface area contributed by atoms with Crippen LogP contribution in [0.2, 0.25) is 0 Å². The van der Waals surface area contributed by atoms with Crippen LogP contribution in [0, 0.1) is 0 Å². The standard InChI is InChI=1S/C17H18N4O7S2/c1-19-11-16(18-12-19)29(24,25)14-7-9-20(17(22)23)21(10-8-14)30(26,27)15-5-3-13(28-2)4-6-15/h3-9,11-12H,10H2,1-2H3,(H,22,23). The van der Waals surface area contributed by atoms with Crippen LogP contribution < -0.4 is 4.74 Å². The van der Waals surface area contributed by atoms with E-state index in [4.69, 9.17) is 4.74 Å². The number of amides is 1. The quantitative estimate of drug-likeness (QED) is 0.711. The summed E-state index contributed by atoms with van der Waals surface area (Å²) in [5.74, 6) is 0.420. The molecule has 0 radical (unpaired) electrons. The summed E-state index contributed by atoms with van der Waals surface area (Å²) in [6.07, 6.45) is 3.98. The number of ether oxygens (including phenoxy) is 1. The summed E-state index contributed by atoms with van der Waals surface area (Å²) in [5, 5.41) is 9.67. The topological polar surface area (TPSA) is 139 Å². The van der Waals surface area contributed by atoms with Crippen molar-refractivity contribution in [1.82, 2.24) is 19.0 Å². The number of allylic oxidation sites excluding steroid dienone is 1. The minimum atomic E-state index is -4.32. The van der Waals surface area contributed by atoms with Crippen molar-refractivity contribution in [2.75, 3.05) is 13.7 Å². The molecule has 0 saturated carbocycles. The molecule has 0 bridgehead atoms. The zero-order valence-corrected chi connectivity index (χ0v) is 17.5. The molecule has 1 aromatic heterocycles. The molecule has 30 heavy (non-hydrogen) atoms. The van der Waals surface area contributed by atoms with E-state index in [9.17, 15) is 26.7 Å². The molecule has 1 amide bonds. The molecule has 160 valence electrons. The normalized spacial score (nSPS) is 15.5. The first kappa shape index (κ1) is 21.5. The van der Waals surface area contributed by atoms with Crippen LogP contribution in [0.25, 0.3) is 0 Å². The third-order valence-corrected chi connectivity index (χ3v) is 7.60. The second-order valence-electron chi connectivity index (χ2n) is 6.12. The van der Waals surface area contributed by atoms with E-state index in [2.05, 4.69) is 4.98 Å². The molecule has 0 fully saturated rings. The number of sulfone groups is 1. The summed E-state index contributed by atoms with van der Waals surface area (Å²) in [6.45, 7) is -0.533. The molecule has 1 N–H and O–H groups in total. The van der Waals surface area contributed by atoms with Crippen molar-refractivity contribution in [2.24, 2.45) is 7.05 Å². The van der Waals surface area contributed by atoms with Crippen LogP contribution in [0.15, 0.2) is 70.0 Å². The zero-order chi connectivity index (χ0) is 22.1. The maximum atomic E-state index is 13.0. The van der Waals surface area contributed by atoms with Gasteiger partial charge in [0, 0.05) is 19.4 Å². The van der Waals surface area contributed by atoms with Gasteiger partial charge in [-0.05, 0) is 36.4 Å². The van der Waals surface area contributed by atoms with Gasteiger partial charge >= 0.3 is 6.09 Å². The lowest BCUT2D eigenvalue weighted by Gasteiger charge is -2.27. The van der Waals surface area contributed by atoms with Crippen LogP contribution in [-0.4, -0.2) is 60.7 Å². The molecule has 3 rings (SSSR count). The van der Waals surface area contributed by atoms with Gasteiger partial charge in [0.1, 0.15) is 5.75 Å². The average Bonchev–Trinajstić information content (AvgIpc) is 3.01. The minimum absolute atomic E-state index is 0.188. The van der Waals surface area contributed by atoms with Gasteiger partial charge in [-0.3, -0.25) is 0 Å². The molecule has 1 aliphatic heterocycles. The fourth-order valence-electron chi connectivity index (χ4n) is 2.63. The summed E-state index contributed by atoms with van der Waals surface area (Å²) in [5.41, 5.74) is 0. The number of aryl methyl sites for hydroxylation is 1. The average molecular weight is 454 g/mol. The third-order valence-electron chi connectivity index (χ3n) is 4.17. The van der Waals surface area contributed by atoms with E-state index in [0.717, 1.165) is 18.4 Å². The number of carbonyl (C=O) groups is 1. The lowest BCUT2D eigenvalue weighted by atomic mass is 10.3. The Morgan fingerprint density at radius 1 is 1.17 bits per heavy atom. The first-order valence-corrected chi connectivity index (χ1v) is 11.3.